The Kier molecular flexibility index (Phi) is 3.52. The number of aliphatic hydroxyl groups is 1. The average Bonchev–Trinajstić information content (AvgIpc) is 2.40. The van der Waals surface area contributed by atoms with E-state index in [4.69, 9.17) is 5.11 Å². The van der Waals surface area contributed by atoms with Crippen molar-refractivity contribution in [2.75, 3.05) is 5.32 Å². The summed E-state index contributed by atoms with van der Waals surface area (Å²) in [6.45, 7) is -0.140. The molecule has 86 valence electrons. The highest BCUT2D eigenvalue weighted by atomic mass is 16.3. The first-order valence-corrected chi connectivity index (χ1v) is 5.36. The summed E-state index contributed by atoms with van der Waals surface area (Å²) in [7, 11) is 0. The number of hydrogen-bond donors (Lipinski definition) is 2. The summed E-state index contributed by atoms with van der Waals surface area (Å²) in [6, 6.07) is 16.2. The van der Waals surface area contributed by atoms with Crippen LogP contribution >= 0.6 is 0 Å². The van der Waals surface area contributed by atoms with E-state index in [1.54, 1.807) is 24.3 Å². The lowest BCUT2D eigenvalue weighted by molar-refractivity contribution is 0.102. The largest absolute Gasteiger partial charge is 0.392 e. The molecule has 3 nitrogen and oxygen atoms in total. The summed E-state index contributed by atoms with van der Waals surface area (Å²) in [6.07, 6.45) is 0. The van der Waals surface area contributed by atoms with Crippen LogP contribution < -0.4 is 5.32 Å². The van der Waals surface area contributed by atoms with Crippen molar-refractivity contribution in [3.05, 3.63) is 65.7 Å². The van der Waals surface area contributed by atoms with E-state index in [0.29, 0.717) is 11.1 Å². The summed E-state index contributed by atoms with van der Waals surface area (Å²) in [5.41, 5.74) is 1.87. The molecule has 0 heterocycles. The number of carbonyl (C=O) groups excluding carboxylic acids is 1. The SMILES string of the molecule is O=C(Nc1ccccc1)c1ccccc1CO. The standard InChI is InChI=1S/C14H13NO2/c16-10-11-6-4-5-9-13(11)14(17)15-12-7-2-1-3-8-12/h1-9,16H,10H2,(H,15,17). The van der Waals surface area contributed by atoms with E-state index in [0.717, 1.165) is 5.69 Å². The first-order valence-electron chi connectivity index (χ1n) is 5.36. The first kappa shape index (κ1) is 11.4. The maximum atomic E-state index is 12.0. The van der Waals surface area contributed by atoms with Gasteiger partial charge in [-0.25, -0.2) is 0 Å². The smallest absolute Gasteiger partial charge is 0.256 e. The zero-order valence-electron chi connectivity index (χ0n) is 9.26. The third-order valence-corrected chi connectivity index (χ3v) is 2.46. The van der Waals surface area contributed by atoms with E-state index >= 15 is 0 Å². The van der Waals surface area contributed by atoms with Gasteiger partial charge >= 0.3 is 0 Å². The Balaban J connectivity index is 2.20. The van der Waals surface area contributed by atoms with Gasteiger partial charge in [-0.3, -0.25) is 4.79 Å². The highest BCUT2D eigenvalue weighted by Crippen LogP contribution is 2.12. The minimum Gasteiger partial charge on any atom is -0.392 e. The molecule has 0 aliphatic carbocycles. The summed E-state index contributed by atoms with van der Waals surface area (Å²) >= 11 is 0. The summed E-state index contributed by atoms with van der Waals surface area (Å²) in [5, 5.41) is 11.9. The Morgan fingerprint density at radius 1 is 1.00 bits per heavy atom. The van der Waals surface area contributed by atoms with E-state index in [1.165, 1.54) is 0 Å². The molecule has 2 N–H and O–H groups in total. The predicted octanol–water partition coefficient (Wildman–Crippen LogP) is 2.43. The molecule has 0 spiro atoms. The molecule has 0 atom stereocenters. The molecule has 2 aromatic rings. The number of para-hydroxylation sites is 1. The lowest BCUT2D eigenvalue weighted by atomic mass is 10.1. The number of benzene rings is 2. The van der Waals surface area contributed by atoms with E-state index in [1.807, 2.05) is 30.3 Å². The van der Waals surface area contributed by atoms with Crippen molar-refractivity contribution in [2.24, 2.45) is 0 Å². The fraction of sp³-hybridized carbons (Fsp3) is 0.0714. The normalized spacial score (nSPS) is 9.94. The minimum absolute atomic E-state index is 0.140. The molecule has 0 unspecified atom stereocenters. The molecule has 0 fully saturated rings. The molecule has 0 aliphatic heterocycles. The molecule has 0 aliphatic rings. The van der Waals surface area contributed by atoms with Crippen LogP contribution in [0, 0.1) is 0 Å². The van der Waals surface area contributed by atoms with Crippen LogP contribution in [0.2, 0.25) is 0 Å². The van der Waals surface area contributed by atoms with Gasteiger partial charge in [0.1, 0.15) is 0 Å². The molecule has 0 saturated carbocycles. The Morgan fingerprint density at radius 3 is 2.35 bits per heavy atom. The number of nitrogens with one attached hydrogen (secondary N) is 1. The van der Waals surface area contributed by atoms with Crippen molar-refractivity contribution in [1.29, 1.82) is 0 Å². The zero-order chi connectivity index (χ0) is 12.1. The second kappa shape index (κ2) is 5.27. The van der Waals surface area contributed by atoms with Crippen molar-refractivity contribution in [3.63, 3.8) is 0 Å². The van der Waals surface area contributed by atoms with E-state index < -0.39 is 0 Å². The van der Waals surface area contributed by atoms with Crippen LogP contribution in [-0.4, -0.2) is 11.0 Å². The maximum absolute atomic E-state index is 12.0. The number of rotatable bonds is 3. The fourth-order valence-electron chi connectivity index (χ4n) is 1.60. The molecule has 1 amide bonds. The first-order chi connectivity index (χ1) is 8.31. The number of anilines is 1. The number of aliphatic hydroxyl groups excluding tert-OH is 1. The lowest BCUT2D eigenvalue weighted by Crippen LogP contribution is -2.14. The van der Waals surface area contributed by atoms with Gasteiger partial charge in [0.05, 0.1) is 6.61 Å². The van der Waals surface area contributed by atoms with Gasteiger partial charge in [0.15, 0.2) is 0 Å². The average molecular weight is 227 g/mol. The van der Waals surface area contributed by atoms with Gasteiger partial charge in [-0.05, 0) is 23.8 Å². The number of amides is 1. The highest BCUT2D eigenvalue weighted by molar-refractivity contribution is 6.05. The van der Waals surface area contributed by atoms with Crippen LogP contribution in [0.5, 0.6) is 0 Å². The maximum Gasteiger partial charge on any atom is 0.256 e. The zero-order valence-corrected chi connectivity index (χ0v) is 9.26. The molecular weight excluding hydrogens is 214 g/mol. The monoisotopic (exact) mass is 227 g/mol. The Bertz CT molecular complexity index is 509. The Labute approximate surface area is 99.7 Å². The van der Waals surface area contributed by atoms with Crippen LogP contribution in [0.15, 0.2) is 54.6 Å². The molecule has 0 bridgehead atoms. The van der Waals surface area contributed by atoms with Gasteiger partial charge in [0.25, 0.3) is 5.91 Å². The summed E-state index contributed by atoms with van der Waals surface area (Å²) < 4.78 is 0. The molecule has 0 radical (unpaired) electrons. The van der Waals surface area contributed by atoms with Crippen LogP contribution in [0.25, 0.3) is 0 Å². The van der Waals surface area contributed by atoms with Crippen molar-refractivity contribution >= 4 is 11.6 Å². The Morgan fingerprint density at radius 2 is 1.65 bits per heavy atom. The molecule has 0 aromatic heterocycles. The number of hydrogen-bond acceptors (Lipinski definition) is 2. The van der Waals surface area contributed by atoms with E-state index in [9.17, 15) is 4.79 Å². The lowest BCUT2D eigenvalue weighted by Gasteiger charge is -2.08. The summed E-state index contributed by atoms with van der Waals surface area (Å²) in [4.78, 5) is 12.0. The van der Waals surface area contributed by atoms with Crippen molar-refractivity contribution in [2.45, 2.75) is 6.61 Å². The minimum atomic E-state index is -0.208. The van der Waals surface area contributed by atoms with Gasteiger partial charge in [-0.15, -0.1) is 0 Å². The van der Waals surface area contributed by atoms with E-state index in [2.05, 4.69) is 5.32 Å². The second-order valence-electron chi connectivity index (χ2n) is 3.64. The van der Waals surface area contributed by atoms with Crippen LogP contribution in [0.3, 0.4) is 0 Å². The Hall–Kier alpha value is -2.13. The molecule has 2 rings (SSSR count). The summed E-state index contributed by atoms with van der Waals surface area (Å²) in [5.74, 6) is -0.208. The van der Waals surface area contributed by atoms with Crippen molar-refractivity contribution in [1.82, 2.24) is 0 Å². The van der Waals surface area contributed by atoms with Gasteiger partial charge in [-0.2, -0.15) is 0 Å². The number of carbonyl (C=O) groups is 1. The topological polar surface area (TPSA) is 49.3 Å². The van der Waals surface area contributed by atoms with Crippen molar-refractivity contribution < 1.29 is 9.90 Å². The van der Waals surface area contributed by atoms with E-state index in [-0.39, 0.29) is 12.5 Å². The molecule has 2 aromatic carbocycles. The third kappa shape index (κ3) is 2.71. The van der Waals surface area contributed by atoms with Gasteiger partial charge in [-0.1, -0.05) is 36.4 Å². The van der Waals surface area contributed by atoms with Gasteiger partial charge in [0.2, 0.25) is 0 Å². The van der Waals surface area contributed by atoms with Crippen LogP contribution in [-0.2, 0) is 6.61 Å². The highest BCUT2D eigenvalue weighted by Gasteiger charge is 2.09. The third-order valence-electron chi connectivity index (χ3n) is 2.46. The molecule has 17 heavy (non-hydrogen) atoms. The fourth-order valence-corrected chi connectivity index (χ4v) is 1.60. The van der Waals surface area contributed by atoms with Crippen LogP contribution in [0.4, 0.5) is 5.69 Å². The second-order valence-corrected chi connectivity index (χ2v) is 3.64. The predicted molar refractivity (Wildman–Crippen MR) is 66.8 cm³/mol. The molecular formula is C14H13NO2. The van der Waals surface area contributed by atoms with Gasteiger partial charge in [0, 0.05) is 11.3 Å². The van der Waals surface area contributed by atoms with Gasteiger partial charge < -0.3 is 10.4 Å². The van der Waals surface area contributed by atoms with Crippen molar-refractivity contribution in [3.8, 4) is 0 Å². The molecule has 0 saturated heterocycles. The van der Waals surface area contributed by atoms with Crippen LogP contribution in [0.1, 0.15) is 15.9 Å². The quantitative estimate of drug-likeness (QED) is 0.846. The molecule has 3 heteroatoms.